The lowest BCUT2D eigenvalue weighted by molar-refractivity contribution is 0.265. The fourth-order valence-electron chi connectivity index (χ4n) is 2.03. The van der Waals surface area contributed by atoms with E-state index in [1.165, 1.54) is 0 Å². The van der Waals surface area contributed by atoms with E-state index in [1.807, 2.05) is 32.0 Å². The Hall–Kier alpha value is -2.49. The van der Waals surface area contributed by atoms with Gasteiger partial charge in [0.25, 0.3) is 0 Å². The zero-order chi connectivity index (χ0) is 14.1. The van der Waals surface area contributed by atoms with Crippen molar-refractivity contribution in [3.8, 4) is 11.5 Å². The number of rotatable bonds is 3. The summed E-state index contributed by atoms with van der Waals surface area (Å²) < 4.78 is 11.3. The summed E-state index contributed by atoms with van der Waals surface area (Å²) in [5, 5.41) is 9.40. The maximum atomic E-state index is 9.40. The fourth-order valence-corrected chi connectivity index (χ4v) is 2.03. The van der Waals surface area contributed by atoms with Gasteiger partial charge in [0.1, 0.15) is 17.0 Å². The van der Waals surface area contributed by atoms with Crippen LogP contribution in [0, 0.1) is 13.8 Å². The van der Waals surface area contributed by atoms with Gasteiger partial charge in [-0.25, -0.2) is 4.98 Å². The van der Waals surface area contributed by atoms with Crippen molar-refractivity contribution >= 4 is 11.1 Å². The average molecular weight is 269 g/mol. The van der Waals surface area contributed by atoms with Crippen LogP contribution in [0.3, 0.4) is 0 Å². The fraction of sp³-hybridized carbons (Fsp3) is 0.188. The van der Waals surface area contributed by atoms with Gasteiger partial charge < -0.3 is 14.3 Å². The van der Waals surface area contributed by atoms with Crippen LogP contribution in [0.1, 0.15) is 17.0 Å². The minimum atomic E-state index is 0.174. The van der Waals surface area contributed by atoms with Gasteiger partial charge in [0, 0.05) is 6.07 Å². The highest BCUT2D eigenvalue weighted by molar-refractivity contribution is 5.74. The number of hydrogen-bond donors (Lipinski definition) is 1. The van der Waals surface area contributed by atoms with Gasteiger partial charge in [-0.05, 0) is 43.2 Å². The van der Waals surface area contributed by atoms with E-state index in [1.54, 1.807) is 18.2 Å². The van der Waals surface area contributed by atoms with Crippen LogP contribution in [0.2, 0.25) is 0 Å². The van der Waals surface area contributed by atoms with E-state index in [0.29, 0.717) is 17.0 Å². The van der Waals surface area contributed by atoms with Crippen LogP contribution in [0.25, 0.3) is 11.1 Å². The average Bonchev–Trinajstić information content (AvgIpc) is 2.81. The summed E-state index contributed by atoms with van der Waals surface area (Å²) in [6, 6.07) is 10.9. The maximum Gasteiger partial charge on any atom is 0.233 e. The van der Waals surface area contributed by atoms with E-state index in [-0.39, 0.29) is 12.4 Å². The highest BCUT2D eigenvalue weighted by atomic mass is 16.5. The second-order valence-electron chi connectivity index (χ2n) is 4.82. The van der Waals surface area contributed by atoms with Crippen LogP contribution >= 0.6 is 0 Å². The number of fused-ring (bicyclic) bond motifs is 1. The molecule has 0 unspecified atom stereocenters. The Morgan fingerprint density at radius 2 is 2.00 bits per heavy atom. The Bertz CT molecular complexity index is 762. The molecule has 3 aromatic rings. The summed E-state index contributed by atoms with van der Waals surface area (Å²) in [6.07, 6.45) is 0. The van der Waals surface area contributed by atoms with Gasteiger partial charge >= 0.3 is 0 Å². The van der Waals surface area contributed by atoms with Crippen LogP contribution in [0.15, 0.2) is 40.8 Å². The summed E-state index contributed by atoms with van der Waals surface area (Å²) >= 11 is 0. The molecule has 20 heavy (non-hydrogen) atoms. The van der Waals surface area contributed by atoms with Gasteiger partial charge in [-0.3, -0.25) is 0 Å². The highest BCUT2D eigenvalue weighted by Gasteiger charge is 2.08. The quantitative estimate of drug-likeness (QED) is 0.787. The minimum Gasteiger partial charge on any atom is -0.508 e. The third kappa shape index (κ3) is 2.45. The molecule has 1 N–H and O–H groups in total. The van der Waals surface area contributed by atoms with Crippen LogP contribution in [0.4, 0.5) is 0 Å². The molecule has 2 aromatic carbocycles. The van der Waals surface area contributed by atoms with Crippen molar-refractivity contribution in [3.63, 3.8) is 0 Å². The second kappa shape index (κ2) is 4.89. The number of aryl methyl sites for hydroxylation is 2. The molecule has 0 aliphatic rings. The second-order valence-corrected chi connectivity index (χ2v) is 4.82. The number of oxazole rings is 1. The lowest BCUT2D eigenvalue weighted by Gasteiger charge is -2.07. The molecule has 0 fully saturated rings. The standard InChI is InChI=1S/C16H15NO3/c1-10-3-4-11(2)15(7-10)19-9-16-17-13-8-12(18)5-6-14(13)20-16/h3-8,18H,9H2,1-2H3. The molecule has 0 saturated carbocycles. The molecule has 102 valence electrons. The molecule has 4 heteroatoms. The number of nitrogens with zero attached hydrogens (tertiary/aromatic N) is 1. The van der Waals surface area contributed by atoms with Crippen molar-refractivity contribution in [1.82, 2.24) is 4.98 Å². The van der Waals surface area contributed by atoms with Crippen molar-refractivity contribution in [2.45, 2.75) is 20.5 Å². The number of ether oxygens (including phenoxy) is 1. The number of phenols is 1. The normalized spacial score (nSPS) is 10.9. The Labute approximate surface area is 116 Å². The number of aromatic hydroxyl groups is 1. The van der Waals surface area contributed by atoms with Gasteiger partial charge in [0.2, 0.25) is 5.89 Å². The maximum absolute atomic E-state index is 9.40. The van der Waals surface area contributed by atoms with Crippen LogP contribution in [-0.4, -0.2) is 10.1 Å². The number of hydrogen-bond acceptors (Lipinski definition) is 4. The molecule has 0 saturated heterocycles. The van der Waals surface area contributed by atoms with Crippen LogP contribution < -0.4 is 4.74 Å². The lowest BCUT2D eigenvalue weighted by atomic mass is 10.1. The van der Waals surface area contributed by atoms with Crippen molar-refractivity contribution in [3.05, 3.63) is 53.4 Å². The molecule has 0 aliphatic carbocycles. The summed E-state index contributed by atoms with van der Waals surface area (Å²) in [5.74, 6) is 1.49. The van der Waals surface area contributed by atoms with E-state index in [2.05, 4.69) is 4.98 Å². The Morgan fingerprint density at radius 3 is 2.85 bits per heavy atom. The molecule has 0 aliphatic heterocycles. The first-order valence-electron chi connectivity index (χ1n) is 6.40. The zero-order valence-electron chi connectivity index (χ0n) is 11.4. The first-order valence-corrected chi connectivity index (χ1v) is 6.40. The van der Waals surface area contributed by atoms with Gasteiger partial charge in [0.15, 0.2) is 12.2 Å². The predicted molar refractivity (Wildman–Crippen MR) is 75.9 cm³/mol. The molecule has 1 aromatic heterocycles. The first-order chi connectivity index (χ1) is 9.61. The molecule has 0 atom stereocenters. The van der Waals surface area contributed by atoms with E-state index >= 15 is 0 Å². The summed E-state index contributed by atoms with van der Waals surface area (Å²) in [7, 11) is 0. The third-order valence-corrected chi connectivity index (χ3v) is 3.11. The Balaban J connectivity index is 1.81. The van der Waals surface area contributed by atoms with E-state index in [9.17, 15) is 5.11 Å². The van der Waals surface area contributed by atoms with Crippen molar-refractivity contribution in [2.75, 3.05) is 0 Å². The monoisotopic (exact) mass is 269 g/mol. The lowest BCUT2D eigenvalue weighted by Crippen LogP contribution is -1.97. The third-order valence-electron chi connectivity index (χ3n) is 3.11. The largest absolute Gasteiger partial charge is 0.508 e. The van der Waals surface area contributed by atoms with E-state index in [4.69, 9.17) is 9.15 Å². The summed E-state index contributed by atoms with van der Waals surface area (Å²) in [6.45, 7) is 4.28. The number of benzene rings is 2. The molecule has 1 heterocycles. The van der Waals surface area contributed by atoms with Crippen LogP contribution in [-0.2, 0) is 6.61 Å². The van der Waals surface area contributed by atoms with Crippen molar-refractivity contribution in [2.24, 2.45) is 0 Å². The summed E-state index contributed by atoms with van der Waals surface area (Å²) in [5.41, 5.74) is 3.49. The summed E-state index contributed by atoms with van der Waals surface area (Å²) in [4.78, 5) is 4.29. The minimum absolute atomic E-state index is 0.174. The van der Waals surface area contributed by atoms with Crippen molar-refractivity contribution < 1.29 is 14.3 Å². The Morgan fingerprint density at radius 1 is 1.15 bits per heavy atom. The molecule has 0 bridgehead atoms. The molecule has 3 rings (SSSR count). The van der Waals surface area contributed by atoms with E-state index < -0.39 is 0 Å². The zero-order valence-corrected chi connectivity index (χ0v) is 11.4. The van der Waals surface area contributed by atoms with Gasteiger partial charge in [-0.2, -0.15) is 0 Å². The van der Waals surface area contributed by atoms with Gasteiger partial charge in [0.05, 0.1) is 0 Å². The van der Waals surface area contributed by atoms with Crippen LogP contribution in [0.5, 0.6) is 11.5 Å². The van der Waals surface area contributed by atoms with E-state index in [0.717, 1.165) is 16.9 Å². The smallest absolute Gasteiger partial charge is 0.233 e. The Kier molecular flexibility index (Phi) is 3.06. The topological polar surface area (TPSA) is 55.5 Å². The molecule has 0 amide bonds. The SMILES string of the molecule is Cc1ccc(C)c(OCc2nc3cc(O)ccc3o2)c1. The molecule has 0 spiro atoms. The highest BCUT2D eigenvalue weighted by Crippen LogP contribution is 2.23. The predicted octanol–water partition coefficient (Wildman–Crippen LogP) is 3.73. The number of phenolic OH excluding ortho intramolecular Hbond substituents is 1. The first kappa shape index (κ1) is 12.5. The molecule has 0 radical (unpaired) electrons. The van der Waals surface area contributed by atoms with Gasteiger partial charge in [-0.15, -0.1) is 0 Å². The number of aromatic nitrogens is 1. The molecular formula is C16H15NO3. The molecule has 4 nitrogen and oxygen atoms in total. The van der Waals surface area contributed by atoms with Crippen molar-refractivity contribution in [1.29, 1.82) is 0 Å². The van der Waals surface area contributed by atoms with Gasteiger partial charge in [-0.1, -0.05) is 12.1 Å². The molecular weight excluding hydrogens is 254 g/mol.